The summed E-state index contributed by atoms with van der Waals surface area (Å²) in [6.07, 6.45) is 1.58. The third kappa shape index (κ3) is 4.26. The van der Waals surface area contributed by atoms with Crippen molar-refractivity contribution in [2.24, 2.45) is 0 Å². The molecule has 0 bridgehead atoms. The molecule has 1 unspecified atom stereocenters. The summed E-state index contributed by atoms with van der Waals surface area (Å²) in [5.41, 5.74) is 1.22. The molecule has 0 radical (unpaired) electrons. The number of aromatic amines is 1. The van der Waals surface area contributed by atoms with E-state index in [1.807, 2.05) is 0 Å². The molecule has 1 amide bonds. The van der Waals surface area contributed by atoms with Gasteiger partial charge in [-0.25, -0.2) is 18.2 Å². The van der Waals surface area contributed by atoms with E-state index in [1.54, 1.807) is 25.3 Å². The zero-order chi connectivity index (χ0) is 18.7. The van der Waals surface area contributed by atoms with Crippen LogP contribution in [0.2, 0.25) is 0 Å². The monoisotopic (exact) mass is 377 g/mol. The Labute approximate surface area is 151 Å². The summed E-state index contributed by atoms with van der Waals surface area (Å²) in [6, 6.07) is 8.75. The fourth-order valence-electron chi connectivity index (χ4n) is 2.19. The van der Waals surface area contributed by atoms with Gasteiger partial charge in [0.2, 0.25) is 5.91 Å². The van der Waals surface area contributed by atoms with E-state index in [4.69, 9.17) is 0 Å². The molecule has 8 heteroatoms. The van der Waals surface area contributed by atoms with Crippen molar-refractivity contribution in [2.45, 2.75) is 17.3 Å². The van der Waals surface area contributed by atoms with Gasteiger partial charge in [0.1, 0.15) is 17.5 Å². The Morgan fingerprint density at radius 1 is 1.12 bits per heavy atom. The number of amides is 1. The van der Waals surface area contributed by atoms with E-state index in [2.05, 4.69) is 15.3 Å². The fraction of sp³-hybridized carbons (Fsp3) is 0.111. The van der Waals surface area contributed by atoms with Crippen LogP contribution in [-0.4, -0.2) is 21.1 Å². The maximum atomic E-state index is 13.6. The molecule has 0 aliphatic carbocycles. The molecule has 0 aliphatic heterocycles. The Bertz CT molecular complexity index is 928. The quantitative estimate of drug-likeness (QED) is 0.638. The van der Waals surface area contributed by atoms with E-state index in [1.165, 1.54) is 12.1 Å². The molecular weight excluding hydrogens is 363 g/mol. The molecule has 0 fully saturated rings. The van der Waals surface area contributed by atoms with E-state index in [-0.39, 0.29) is 11.5 Å². The lowest BCUT2D eigenvalue weighted by Gasteiger charge is -2.11. The zero-order valence-electron chi connectivity index (χ0n) is 13.6. The molecule has 26 heavy (non-hydrogen) atoms. The summed E-state index contributed by atoms with van der Waals surface area (Å²) in [6.45, 7) is 1.62. The van der Waals surface area contributed by atoms with Gasteiger partial charge in [-0.15, -0.1) is 0 Å². The van der Waals surface area contributed by atoms with Crippen molar-refractivity contribution < 1.29 is 18.0 Å². The van der Waals surface area contributed by atoms with E-state index in [0.717, 1.165) is 35.5 Å². The second kappa shape index (κ2) is 7.65. The number of carbonyl (C=O) groups is 1. The van der Waals surface area contributed by atoms with Crippen molar-refractivity contribution in [1.29, 1.82) is 0 Å². The van der Waals surface area contributed by atoms with E-state index >= 15 is 0 Å². The molecule has 2 N–H and O–H groups in total. The third-order valence-electron chi connectivity index (χ3n) is 3.55. The zero-order valence-corrected chi connectivity index (χ0v) is 14.4. The number of benzene rings is 2. The summed E-state index contributed by atoms with van der Waals surface area (Å²) >= 11 is 1.13. The molecule has 0 spiro atoms. The smallest absolute Gasteiger partial charge is 0.237 e. The number of hydrogen-bond donors (Lipinski definition) is 2. The predicted molar refractivity (Wildman–Crippen MR) is 94.3 cm³/mol. The summed E-state index contributed by atoms with van der Waals surface area (Å²) in [5, 5.41) is 2.23. The maximum absolute atomic E-state index is 13.6. The van der Waals surface area contributed by atoms with Crippen LogP contribution in [0.5, 0.6) is 0 Å². The Balaban J connectivity index is 1.66. The van der Waals surface area contributed by atoms with Crippen LogP contribution in [0.3, 0.4) is 0 Å². The highest BCUT2D eigenvalue weighted by Gasteiger charge is 2.18. The summed E-state index contributed by atoms with van der Waals surface area (Å²) in [7, 11) is 0. The molecule has 134 valence electrons. The van der Waals surface area contributed by atoms with Crippen LogP contribution in [0.4, 0.5) is 18.9 Å². The van der Waals surface area contributed by atoms with Gasteiger partial charge in [0.05, 0.1) is 22.8 Å². The Morgan fingerprint density at radius 3 is 2.54 bits per heavy atom. The minimum absolute atomic E-state index is 0.214. The first kappa shape index (κ1) is 18.1. The van der Waals surface area contributed by atoms with Crippen molar-refractivity contribution >= 4 is 23.4 Å². The molecule has 0 saturated carbocycles. The van der Waals surface area contributed by atoms with Gasteiger partial charge in [0.15, 0.2) is 5.16 Å². The number of imidazole rings is 1. The number of aromatic nitrogens is 2. The largest absolute Gasteiger partial charge is 0.333 e. The van der Waals surface area contributed by atoms with Crippen molar-refractivity contribution in [2.75, 3.05) is 5.32 Å². The van der Waals surface area contributed by atoms with E-state index < -0.39 is 22.8 Å². The van der Waals surface area contributed by atoms with Crippen LogP contribution >= 0.6 is 11.8 Å². The number of H-pyrrole nitrogens is 1. The van der Waals surface area contributed by atoms with Gasteiger partial charge < -0.3 is 10.3 Å². The van der Waals surface area contributed by atoms with Crippen LogP contribution < -0.4 is 5.32 Å². The predicted octanol–water partition coefficient (Wildman–Crippen LogP) is 4.61. The number of nitrogens with one attached hydrogen (secondary N) is 2. The second-order valence-corrected chi connectivity index (χ2v) is 6.81. The number of hydrogen-bond acceptors (Lipinski definition) is 3. The first-order chi connectivity index (χ1) is 12.4. The molecule has 3 aromatic rings. The van der Waals surface area contributed by atoms with Gasteiger partial charge in [-0.1, -0.05) is 11.8 Å². The minimum Gasteiger partial charge on any atom is -0.333 e. The SMILES string of the molecule is CC(Sc1ncc(-c2ccc(F)cc2)[nH]1)C(=O)Nc1cc(F)ccc1F. The highest BCUT2D eigenvalue weighted by Crippen LogP contribution is 2.25. The topological polar surface area (TPSA) is 57.8 Å². The molecular formula is C18H14F3N3OS. The number of thioether (sulfide) groups is 1. The van der Waals surface area contributed by atoms with Gasteiger partial charge in [0.25, 0.3) is 0 Å². The molecule has 1 atom stereocenters. The van der Waals surface area contributed by atoms with Crippen molar-refractivity contribution in [3.05, 3.63) is 66.1 Å². The van der Waals surface area contributed by atoms with Crippen LogP contribution in [0, 0.1) is 17.5 Å². The number of carbonyl (C=O) groups excluding carboxylic acids is 1. The fourth-order valence-corrected chi connectivity index (χ4v) is 2.97. The third-order valence-corrected chi connectivity index (χ3v) is 4.55. The molecule has 2 aromatic carbocycles. The lowest BCUT2D eigenvalue weighted by Crippen LogP contribution is -2.23. The molecule has 3 rings (SSSR count). The van der Waals surface area contributed by atoms with Gasteiger partial charge in [-0.3, -0.25) is 4.79 Å². The first-order valence-electron chi connectivity index (χ1n) is 7.66. The van der Waals surface area contributed by atoms with Crippen LogP contribution in [0.25, 0.3) is 11.3 Å². The highest BCUT2D eigenvalue weighted by molar-refractivity contribution is 8.00. The van der Waals surface area contributed by atoms with Crippen molar-refractivity contribution in [3.8, 4) is 11.3 Å². The average molecular weight is 377 g/mol. The molecule has 4 nitrogen and oxygen atoms in total. The van der Waals surface area contributed by atoms with Crippen molar-refractivity contribution in [1.82, 2.24) is 9.97 Å². The van der Waals surface area contributed by atoms with Gasteiger partial charge >= 0.3 is 0 Å². The highest BCUT2D eigenvalue weighted by atomic mass is 32.2. The number of rotatable bonds is 5. The lowest BCUT2D eigenvalue weighted by atomic mass is 10.2. The number of halogens is 3. The summed E-state index contributed by atoms with van der Waals surface area (Å²) < 4.78 is 39.8. The standard InChI is InChI=1S/C18H14F3N3OS/c1-10(17(25)23-15-8-13(20)6-7-14(15)21)26-18-22-9-16(24-18)11-2-4-12(19)5-3-11/h2-10H,1H3,(H,22,24)(H,23,25). The maximum Gasteiger partial charge on any atom is 0.237 e. The first-order valence-corrected chi connectivity index (χ1v) is 8.54. The van der Waals surface area contributed by atoms with Crippen LogP contribution in [0.15, 0.2) is 53.8 Å². The molecule has 1 aromatic heterocycles. The Morgan fingerprint density at radius 2 is 1.81 bits per heavy atom. The summed E-state index contributed by atoms with van der Waals surface area (Å²) in [5.74, 6) is -2.18. The second-order valence-electron chi connectivity index (χ2n) is 5.48. The van der Waals surface area contributed by atoms with Gasteiger partial charge in [-0.05, 0) is 48.9 Å². The van der Waals surface area contributed by atoms with Crippen LogP contribution in [0.1, 0.15) is 6.92 Å². The van der Waals surface area contributed by atoms with Crippen molar-refractivity contribution in [3.63, 3.8) is 0 Å². The molecule has 1 heterocycles. The lowest BCUT2D eigenvalue weighted by molar-refractivity contribution is -0.115. The average Bonchev–Trinajstić information content (AvgIpc) is 3.07. The number of nitrogens with zero attached hydrogens (tertiary/aromatic N) is 1. The normalized spacial score (nSPS) is 12.0. The minimum atomic E-state index is -0.714. The van der Waals surface area contributed by atoms with E-state index in [0.29, 0.717) is 10.9 Å². The Kier molecular flexibility index (Phi) is 5.32. The van der Waals surface area contributed by atoms with E-state index in [9.17, 15) is 18.0 Å². The molecule has 0 aliphatic rings. The summed E-state index contributed by atoms with van der Waals surface area (Å²) in [4.78, 5) is 19.4. The molecule has 0 saturated heterocycles. The van der Waals surface area contributed by atoms with Gasteiger partial charge in [0, 0.05) is 6.07 Å². The Hall–Kier alpha value is -2.74. The van der Waals surface area contributed by atoms with Crippen LogP contribution in [-0.2, 0) is 4.79 Å². The number of anilines is 1. The van der Waals surface area contributed by atoms with Gasteiger partial charge in [-0.2, -0.15) is 0 Å².